The van der Waals surface area contributed by atoms with Gasteiger partial charge in [-0.3, -0.25) is 14.7 Å². The highest BCUT2D eigenvalue weighted by Crippen LogP contribution is 2.41. The van der Waals surface area contributed by atoms with E-state index in [1.165, 1.54) is 11.1 Å². The van der Waals surface area contributed by atoms with Crippen molar-refractivity contribution >= 4 is 11.6 Å². The van der Waals surface area contributed by atoms with E-state index in [9.17, 15) is 9.90 Å². The normalized spacial score (nSPS) is 21.5. The van der Waals surface area contributed by atoms with Crippen LogP contribution < -0.4 is 10.1 Å². The molecule has 1 saturated heterocycles. The fraction of sp³-hybridized carbons (Fsp3) is 0.405. The van der Waals surface area contributed by atoms with Gasteiger partial charge < -0.3 is 19.9 Å². The predicted molar refractivity (Wildman–Crippen MR) is 173 cm³/mol. The lowest BCUT2D eigenvalue weighted by Gasteiger charge is -2.37. The molecule has 0 saturated carbocycles. The van der Waals surface area contributed by atoms with Crippen molar-refractivity contribution in [3.05, 3.63) is 113 Å². The minimum Gasteiger partial charge on any atom is -0.486 e. The Morgan fingerprint density at radius 1 is 1.02 bits per heavy atom. The van der Waals surface area contributed by atoms with Crippen molar-refractivity contribution in [2.24, 2.45) is 4.99 Å². The number of rotatable bonds is 10. The topological polar surface area (TPSA) is 83.4 Å². The second kappa shape index (κ2) is 13.9. The number of amides is 1. The molecular formula is C37H43N3O4. The van der Waals surface area contributed by atoms with E-state index in [4.69, 9.17) is 14.5 Å². The van der Waals surface area contributed by atoms with Crippen molar-refractivity contribution in [2.75, 3.05) is 26.2 Å². The maximum atomic E-state index is 13.6. The van der Waals surface area contributed by atoms with Crippen LogP contribution in [0.4, 0.5) is 0 Å². The average molecular weight is 594 g/mol. The quantitative estimate of drug-likeness (QED) is 0.327. The van der Waals surface area contributed by atoms with Crippen LogP contribution in [0.2, 0.25) is 0 Å². The smallest absolute Gasteiger partial charge is 0.250 e. The molecular weight excluding hydrogens is 550 g/mol. The molecule has 7 nitrogen and oxygen atoms in total. The molecule has 1 fully saturated rings. The number of aliphatic hydroxyl groups excluding tert-OH is 1. The second-order valence-corrected chi connectivity index (χ2v) is 12.3. The van der Waals surface area contributed by atoms with E-state index in [1.54, 1.807) is 0 Å². The molecule has 1 amide bonds. The molecule has 44 heavy (non-hydrogen) atoms. The molecule has 3 aromatic rings. The van der Waals surface area contributed by atoms with Crippen LogP contribution in [0.3, 0.4) is 0 Å². The van der Waals surface area contributed by atoms with Crippen molar-refractivity contribution in [1.29, 1.82) is 0 Å². The number of nitrogens with zero attached hydrogens (tertiary/aromatic N) is 2. The largest absolute Gasteiger partial charge is 0.486 e. The van der Waals surface area contributed by atoms with Gasteiger partial charge in [-0.15, -0.1) is 0 Å². The number of aliphatic hydroxyl groups is 1. The maximum Gasteiger partial charge on any atom is 0.250 e. The van der Waals surface area contributed by atoms with Crippen LogP contribution >= 0.6 is 0 Å². The van der Waals surface area contributed by atoms with Gasteiger partial charge >= 0.3 is 0 Å². The number of carbonyl (C=O) groups excluding carboxylic acids is 1. The number of ether oxygens (including phenoxy) is 2. The number of fused-ring (bicyclic) bond motifs is 1. The first kappa shape index (κ1) is 30.3. The molecule has 0 aromatic heterocycles. The van der Waals surface area contributed by atoms with E-state index in [-0.39, 0.29) is 18.1 Å². The first-order valence-electron chi connectivity index (χ1n) is 15.9. The van der Waals surface area contributed by atoms with Crippen LogP contribution in [0, 0.1) is 0 Å². The summed E-state index contributed by atoms with van der Waals surface area (Å²) in [6, 6.07) is 26.1. The third kappa shape index (κ3) is 7.29. The lowest BCUT2D eigenvalue weighted by Crippen LogP contribution is -2.54. The molecule has 0 radical (unpaired) electrons. The van der Waals surface area contributed by atoms with Gasteiger partial charge in [0.2, 0.25) is 0 Å². The molecule has 2 heterocycles. The fourth-order valence-corrected chi connectivity index (χ4v) is 6.43. The zero-order chi connectivity index (χ0) is 30.4. The number of aliphatic imine (C=N–C) groups is 1. The van der Waals surface area contributed by atoms with E-state index in [1.807, 2.05) is 48.5 Å². The molecule has 1 spiro atoms. The van der Waals surface area contributed by atoms with Crippen molar-refractivity contribution < 1.29 is 19.4 Å². The summed E-state index contributed by atoms with van der Waals surface area (Å²) in [4.78, 5) is 20.9. The van der Waals surface area contributed by atoms with Crippen LogP contribution in [-0.4, -0.2) is 71.7 Å². The van der Waals surface area contributed by atoms with Crippen molar-refractivity contribution in [1.82, 2.24) is 10.2 Å². The number of hydrogen-bond acceptors (Lipinski definition) is 6. The number of carbonyl (C=O) groups is 1. The van der Waals surface area contributed by atoms with Gasteiger partial charge in [-0.1, -0.05) is 85.8 Å². The highest BCUT2D eigenvalue weighted by Gasteiger charge is 2.40. The lowest BCUT2D eigenvalue weighted by atomic mass is 9.86. The van der Waals surface area contributed by atoms with E-state index in [2.05, 4.69) is 59.6 Å². The lowest BCUT2D eigenvalue weighted by molar-refractivity contribution is -0.140. The molecule has 2 aliphatic heterocycles. The van der Waals surface area contributed by atoms with Crippen molar-refractivity contribution in [3.63, 3.8) is 0 Å². The van der Waals surface area contributed by atoms with E-state index in [0.717, 1.165) is 54.9 Å². The minimum absolute atomic E-state index is 0.179. The summed E-state index contributed by atoms with van der Waals surface area (Å²) in [7, 11) is 0. The molecule has 1 unspecified atom stereocenters. The fourth-order valence-electron chi connectivity index (χ4n) is 6.43. The Morgan fingerprint density at radius 3 is 2.48 bits per heavy atom. The first-order valence-corrected chi connectivity index (χ1v) is 15.9. The summed E-state index contributed by atoms with van der Waals surface area (Å²) in [5.41, 5.74) is 5.13. The molecule has 7 heteroatoms. The van der Waals surface area contributed by atoms with E-state index in [0.29, 0.717) is 26.0 Å². The van der Waals surface area contributed by atoms with Gasteiger partial charge in [0.05, 0.1) is 25.3 Å². The Labute approximate surface area is 260 Å². The van der Waals surface area contributed by atoms with E-state index >= 15 is 0 Å². The number of nitrogens with one attached hydrogen (secondary N) is 1. The highest BCUT2D eigenvalue weighted by molar-refractivity contribution is 6.04. The predicted octanol–water partition coefficient (Wildman–Crippen LogP) is 4.90. The Balaban J connectivity index is 1.18. The van der Waals surface area contributed by atoms with Gasteiger partial charge in [-0.05, 0) is 41.7 Å². The maximum absolute atomic E-state index is 13.6. The molecule has 0 bridgehead atoms. The highest BCUT2D eigenvalue weighted by atomic mass is 16.5. The van der Waals surface area contributed by atoms with Crippen molar-refractivity contribution in [2.45, 2.75) is 69.4 Å². The number of morpholine rings is 1. The number of benzene rings is 3. The van der Waals surface area contributed by atoms with Crippen LogP contribution in [0.25, 0.3) is 0 Å². The Bertz CT molecular complexity index is 1460. The molecule has 3 aliphatic rings. The first-order chi connectivity index (χ1) is 21.5. The monoisotopic (exact) mass is 593 g/mol. The number of hydrogen-bond donors (Lipinski definition) is 2. The average Bonchev–Trinajstić information content (AvgIpc) is 3.51. The molecule has 3 aromatic carbocycles. The SMILES string of the molecule is CCc1ccc2c(c1)C(=NC[C@@H](O)[C@H](Cc1ccccc1)NC(=O)C1CN(Cc3ccccc3)CCO1)CC1(CC=CC1)O2. The molecule has 6 rings (SSSR count). The summed E-state index contributed by atoms with van der Waals surface area (Å²) < 4.78 is 12.5. The van der Waals surface area contributed by atoms with Gasteiger partial charge in [0.1, 0.15) is 17.5 Å². The molecule has 2 N–H and O–H groups in total. The second-order valence-electron chi connectivity index (χ2n) is 12.3. The van der Waals surface area contributed by atoms with Crippen LogP contribution in [0.15, 0.2) is 96.0 Å². The summed E-state index contributed by atoms with van der Waals surface area (Å²) in [6.45, 7) is 4.85. The van der Waals surface area contributed by atoms with E-state index < -0.39 is 18.2 Å². The molecule has 230 valence electrons. The number of aryl methyl sites for hydroxylation is 1. The summed E-state index contributed by atoms with van der Waals surface area (Å²) in [5, 5.41) is 14.7. The standard InChI is InChI=1S/C37H43N3O4/c1-2-27-15-16-34-30(21-27)32(23-37(44-34)17-9-10-18-37)38-24-33(41)31(22-28-11-5-3-6-12-28)39-36(42)35-26-40(19-20-43-35)25-29-13-7-4-8-14-29/h3-16,21,31,33,35,41H,2,17-20,22-26H2,1H3,(H,39,42)/t31-,33+,35?/m0/s1. The van der Waals surface area contributed by atoms with Crippen LogP contribution in [0.1, 0.15) is 48.4 Å². The minimum atomic E-state index is -0.881. The zero-order valence-corrected chi connectivity index (χ0v) is 25.5. The van der Waals surface area contributed by atoms with Crippen LogP contribution in [-0.2, 0) is 28.9 Å². The third-order valence-electron chi connectivity index (χ3n) is 8.98. The van der Waals surface area contributed by atoms with Gasteiger partial charge in [-0.25, -0.2) is 0 Å². The summed E-state index contributed by atoms with van der Waals surface area (Å²) in [6.07, 6.45) is 6.67. The Morgan fingerprint density at radius 2 is 1.75 bits per heavy atom. The summed E-state index contributed by atoms with van der Waals surface area (Å²) >= 11 is 0. The van der Waals surface area contributed by atoms with Crippen LogP contribution in [0.5, 0.6) is 5.75 Å². The third-order valence-corrected chi connectivity index (χ3v) is 8.98. The van der Waals surface area contributed by atoms with Gasteiger partial charge in [-0.2, -0.15) is 0 Å². The Kier molecular flexibility index (Phi) is 9.55. The zero-order valence-electron chi connectivity index (χ0n) is 25.5. The van der Waals surface area contributed by atoms with Crippen molar-refractivity contribution in [3.8, 4) is 5.75 Å². The van der Waals surface area contributed by atoms with Gasteiger partial charge in [0, 0.05) is 50.2 Å². The molecule has 3 atom stereocenters. The summed E-state index contributed by atoms with van der Waals surface area (Å²) in [5.74, 6) is 0.657. The van der Waals surface area contributed by atoms with Gasteiger partial charge in [0.25, 0.3) is 5.91 Å². The molecule has 1 aliphatic carbocycles. The van der Waals surface area contributed by atoms with Gasteiger partial charge in [0.15, 0.2) is 0 Å². The Hall–Kier alpha value is -3.78.